The minimum absolute atomic E-state index is 0.0128. The molecule has 2 unspecified atom stereocenters. The van der Waals surface area contributed by atoms with Gasteiger partial charge in [-0.15, -0.1) is 0 Å². The fourth-order valence-corrected chi connectivity index (χ4v) is 4.66. The molecule has 2 saturated carbocycles. The van der Waals surface area contributed by atoms with Gasteiger partial charge in [-0.25, -0.2) is 0 Å². The van der Waals surface area contributed by atoms with Crippen LogP contribution in [-0.4, -0.2) is 32.4 Å². The molecule has 2 aliphatic carbocycles. The van der Waals surface area contributed by atoms with Gasteiger partial charge < -0.3 is 14.9 Å². The van der Waals surface area contributed by atoms with Crippen molar-refractivity contribution in [2.75, 3.05) is 0 Å². The summed E-state index contributed by atoms with van der Waals surface area (Å²) in [6, 6.07) is 3.78. The van der Waals surface area contributed by atoms with Crippen molar-refractivity contribution in [2.24, 2.45) is 11.8 Å². The van der Waals surface area contributed by atoms with Crippen LogP contribution in [0.1, 0.15) is 34.7 Å². The van der Waals surface area contributed by atoms with Gasteiger partial charge in [0.05, 0.1) is 17.3 Å². The van der Waals surface area contributed by atoms with Gasteiger partial charge in [-0.2, -0.15) is 18.3 Å². The summed E-state index contributed by atoms with van der Waals surface area (Å²) in [6.45, 7) is 0. The number of hydrogen-bond donors (Lipinski definition) is 3. The van der Waals surface area contributed by atoms with E-state index in [0.717, 1.165) is 10.9 Å². The van der Waals surface area contributed by atoms with Crippen LogP contribution in [0.5, 0.6) is 0 Å². The van der Waals surface area contributed by atoms with Gasteiger partial charge in [0.25, 0.3) is 5.91 Å². The molecular weight excluding hydrogens is 413 g/mol. The zero-order valence-electron chi connectivity index (χ0n) is 14.6. The summed E-state index contributed by atoms with van der Waals surface area (Å²) in [6.07, 6.45) is -2.27. The lowest BCUT2D eigenvalue weighted by Crippen LogP contribution is -2.33. The highest BCUT2D eigenvalue weighted by molar-refractivity contribution is 6.31. The molecule has 5 rings (SSSR count). The van der Waals surface area contributed by atoms with Gasteiger partial charge in [-0.1, -0.05) is 16.8 Å². The molecule has 0 bridgehead atoms. The molecule has 1 amide bonds. The number of hydrogen-bond acceptors (Lipinski definition) is 5. The fraction of sp³-hybridized carbons (Fsp3) is 0.389. The Kier molecular flexibility index (Phi) is 3.79. The van der Waals surface area contributed by atoms with Crippen LogP contribution in [0.3, 0.4) is 0 Å². The zero-order chi connectivity index (χ0) is 20.6. The van der Waals surface area contributed by atoms with E-state index in [9.17, 15) is 23.1 Å². The van der Waals surface area contributed by atoms with Gasteiger partial charge in [-0.05, 0) is 42.4 Å². The van der Waals surface area contributed by atoms with E-state index >= 15 is 0 Å². The van der Waals surface area contributed by atoms with Crippen LogP contribution >= 0.6 is 11.6 Å². The topological polar surface area (TPSA) is 104 Å². The van der Waals surface area contributed by atoms with Crippen molar-refractivity contribution in [1.82, 2.24) is 20.7 Å². The maximum Gasteiger partial charge on any atom is 0.452 e. The maximum absolute atomic E-state index is 12.6. The lowest BCUT2D eigenvalue weighted by atomic mass is 9.86. The molecule has 2 heterocycles. The molecule has 0 saturated heterocycles. The Morgan fingerprint density at radius 1 is 1.31 bits per heavy atom. The second kappa shape index (κ2) is 5.96. The Hall–Kier alpha value is -2.59. The molecule has 2 aliphatic rings. The number of aromatic amines is 1. The summed E-state index contributed by atoms with van der Waals surface area (Å²) in [5.41, 5.74) is -0.135. The smallest absolute Gasteiger partial charge is 0.385 e. The average molecular weight is 427 g/mol. The minimum atomic E-state index is -4.70. The molecular formula is C18H14ClF3N4O3. The van der Waals surface area contributed by atoms with Crippen molar-refractivity contribution >= 4 is 28.4 Å². The quantitative estimate of drug-likeness (QED) is 0.596. The van der Waals surface area contributed by atoms with E-state index < -0.39 is 29.1 Å². The maximum atomic E-state index is 12.6. The van der Waals surface area contributed by atoms with Crippen LogP contribution in [-0.2, 0) is 11.8 Å². The number of aromatic nitrogens is 3. The summed E-state index contributed by atoms with van der Waals surface area (Å²) >= 11 is 6.16. The molecule has 3 N–H and O–H groups in total. The van der Waals surface area contributed by atoms with Crippen molar-refractivity contribution < 1.29 is 27.6 Å². The van der Waals surface area contributed by atoms with Gasteiger partial charge in [-0.3, -0.25) is 9.89 Å². The summed E-state index contributed by atoms with van der Waals surface area (Å²) < 4.78 is 41.9. The minimum Gasteiger partial charge on any atom is -0.385 e. The number of nitrogens with zero attached hydrogens (tertiary/aromatic N) is 2. The number of H-pyrrole nitrogens is 1. The van der Waals surface area contributed by atoms with Crippen molar-refractivity contribution in [3.8, 4) is 0 Å². The Labute approximate surface area is 166 Å². The molecule has 0 radical (unpaired) electrons. The lowest BCUT2D eigenvalue weighted by Gasteiger charge is -2.27. The van der Waals surface area contributed by atoms with Crippen LogP contribution in [0.4, 0.5) is 13.2 Å². The van der Waals surface area contributed by atoms with E-state index in [1.807, 2.05) is 0 Å². The number of rotatable bonds is 3. The van der Waals surface area contributed by atoms with Gasteiger partial charge in [0, 0.05) is 22.5 Å². The summed E-state index contributed by atoms with van der Waals surface area (Å²) in [4.78, 5) is 12.2. The first-order valence-electron chi connectivity index (χ1n) is 8.86. The van der Waals surface area contributed by atoms with Crippen LogP contribution in [0, 0.1) is 11.8 Å². The highest BCUT2D eigenvalue weighted by Gasteiger charge is 2.62. The van der Waals surface area contributed by atoms with E-state index in [4.69, 9.17) is 11.6 Å². The van der Waals surface area contributed by atoms with Crippen LogP contribution in [0.15, 0.2) is 28.9 Å². The van der Waals surface area contributed by atoms with Crippen molar-refractivity contribution in [3.63, 3.8) is 0 Å². The third kappa shape index (κ3) is 2.98. The molecule has 2 fully saturated rings. The van der Waals surface area contributed by atoms with E-state index in [1.165, 1.54) is 0 Å². The normalized spacial score (nSPS) is 28.5. The zero-order valence-corrected chi connectivity index (χ0v) is 15.4. The van der Waals surface area contributed by atoms with Gasteiger partial charge in [0.15, 0.2) is 5.69 Å². The highest BCUT2D eigenvalue weighted by Crippen LogP contribution is 2.60. The molecule has 7 nitrogen and oxygen atoms in total. The average Bonchev–Trinajstić information content (AvgIpc) is 3.16. The largest absolute Gasteiger partial charge is 0.452 e. The van der Waals surface area contributed by atoms with E-state index in [2.05, 4.69) is 25.2 Å². The van der Waals surface area contributed by atoms with Crippen LogP contribution in [0.25, 0.3) is 10.9 Å². The van der Waals surface area contributed by atoms with E-state index in [-0.39, 0.29) is 17.9 Å². The fourth-order valence-electron chi connectivity index (χ4n) is 4.44. The first-order chi connectivity index (χ1) is 13.7. The molecule has 29 heavy (non-hydrogen) atoms. The number of halogens is 4. The number of nitrogens with one attached hydrogen (secondary N) is 2. The second-order valence-corrected chi connectivity index (χ2v) is 8.06. The van der Waals surface area contributed by atoms with Gasteiger partial charge >= 0.3 is 6.18 Å². The SMILES string of the molecule is O=C(NC1C2CC(O)(c3cc(Cl)cc4[nH]ncc34)CC21)c1cc(C(F)(F)F)on1. The number of fused-ring (bicyclic) bond motifs is 2. The summed E-state index contributed by atoms with van der Waals surface area (Å²) in [5.74, 6) is -2.02. The number of alkyl halides is 3. The third-order valence-electron chi connectivity index (χ3n) is 5.82. The van der Waals surface area contributed by atoms with Gasteiger partial charge in [0.1, 0.15) is 0 Å². The van der Waals surface area contributed by atoms with Crippen molar-refractivity contribution in [3.05, 3.63) is 46.4 Å². The van der Waals surface area contributed by atoms with Crippen LogP contribution in [0.2, 0.25) is 5.02 Å². The standard InChI is InChI=1S/C18H14ClF3N4O3/c19-7-1-11(10-6-23-25-12(10)2-7)17(28)4-8-9(5-17)15(8)24-16(27)13-3-14(29-26-13)18(20,21)22/h1-3,6,8-9,15,28H,4-5H2,(H,23,25)(H,24,27). The third-order valence-corrected chi connectivity index (χ3v) is 6.04. The Morgan fingerprint density at radius 2 is 2.03 bits per heavy atom. The van der Waals surface area contributed by atoms with Crippen molar-refractivity contribution in [2.45, 2.75) is 30.7 Å². The number of carbonyl (C=O) groups excluding carboxylic acids is 1. The van der Waals surface area contributed by atoms with Crippen LogP contribution < -0.4 is 5.32 Å². The molecule has 2 aromatic heterocycles. The number of benzene rings is 1. The first-order valence-corrected chi connectivity index (χ1v) is 9.24. The highest BCUT2D eigenvalue weighted by atomic mass is 35.5. The van der Waals surface area contributed by atoms with E-state index in [1.54, 1.807) is 18.3 Å². The second-order valence-electron chi connectivity index (χ2n) is 7.63. The monoisotopic (exact) mass is 426 g/mol. The Morgan fingerprint density at radius 3 is 2.69 bits per heavy atom. The molecule has 1 aromatic carbocycles. The van der Waals surface area contributed by atoms with E-state index in [0.29, 0.717) is 29.5 Å². The van der Waals surface area contributed by atoms with Crippen molar-refractivity contribution in [1.29, 1.82) is 0 Å². The number of carbonyl (C=O) groups is 1. The Balaban J connectivity index is 1.29. The Bertz CT molecular complexity index is 1110. The molecule has 0 aliphatic heterocycles. The van der Waals surface area contributed by atoms with Gasteiger partial charge in [0.2, 0.25) is 5.76 Å². The summed E-state index contributed by atoms with van der Waals surface area (Å²) in [5, 5.41) is 25.2. The number of aliphatic hydroxyl groups is 1. The molecule has 3 aromatic rings. The lowest BCUT2D eigenvalue weighted by molar-refractivity contribution is -0.155. The predicted octanol–water partition coefficient (Wildman–Crippen LogP) is 3.25. The molecule has 152 valence electrons. The first kappa shape index (κ1) is 18.4. The number of amides is 1. The molecule has 11 heteroatoms. The molecule has 2 atom stereocenters. The molecule has 0 spiro atoms. The summed E-state index contributed by atoms with van der Waals surface area (Å²) in [7, 11) is 0. The predicted molar refractivity (Wildman–Crippen MR) is 94.0 cm³/mol.